The third-order valence-electron chi connectivity index (χ3n) is 3.35. The van der Waals surface area contributed by atoms with Crippen molar-refractivity contribution in [2.24, 2.45) is 0 Å². The van der Waals surface area contributed by atoms with Gasteiger partial charge in [-0.15, -0.1) is 0 Å². The summed E-state index contributed by atoms with van der Waals surface area (Å²) in [7, 11) is 0. The molecule has 2 atom stereocenters. The first-order chi connectivity index (χ1) is 9.16. The van der Waals surface area contributed by atoms with Gasteiger partial charge < -0.3 is 20.9 Å². The molecule has 1 saturated carbocycles. The van der Waals surface area contributed by atoms with Crippen LogP contribution in [0.4, 0.5) is 5.69 Å². The molecule has 2 rings (SSSR count). The van der Waals surface area contributed by atoms with Gasteiger partial charge in [0.1, 0.15) is 5.75 Å². The molecule has 1 aromatic carbocycles. The molecular formula is C14H20N2O3. The number of aliphatic hydroxyl groups excluding tert-OH is 1. The predicted molar refractivity (Wildman–Crippen MR) is 72.8 cm³/mol. The minimum absolute atomic E-state index is 0.0859. The summed E-state index contributed by atoms with van der Waals surface area (Å²) in [6.07, 6.45) is 3.18. The van der Waals surface area contributed by atoms with Crippen LogP contribution >= 0.6 is 0 Å². The van der Waals surface area contributed by atoms with Crippen LogP contribution in [-0.4, -0.2) is 29.8 Å². The van der Waals surface area contributed by atoms with Crippen LogP contribution in [0, 0.1) is 0 Å². The van der Waals surface area contributed by atoms with Crippen molar-refractivity contribution in [3.8, 4) is 5.75 Å². The van der Waals surface area contributed by atoms with Gasteiger partial charge in [-0.05, 0) is 25.0 Å². The molecule has 104 valence electrons. The third kappa shape index (κ3) is 3.86. The molecule has 0 saturated heterocycles. The Balaban J connectivity index is 1.80. The second-order valence-electron chi connectivity index (χ2n) is 4.85. The van der Waals surface area contributed by atoms with Crippen molar-refractivity contribution in [2.45, 2.75) is 37.8 Å². The summed E-state index contributed by atoms with van der Waals surface area (Å²) in [5, 5.41) is 12.6. The first-order valence-corrected chi connectivity index (χ1v) is 6.61. The summed E-state index contributed by atoms with van der Waals surface area (Å²) in [6.45, 7) is -0.0859. The van der Waals surface area contributed by atoms with Gasteiger partial charge in [-0.1, -0.05) is 25.0 Å². The number of hydrogen-bond acceptors (Lipinski definition) is 4. The van der Waals surface area contributed by atoms with Gasteiger partial charge in [0.25, 0.3) is 5.91 Å². The highest BCUT2D eigenvalue weighted by Crippen LogP contribution is 2.20. The van der Waals surface area contributed by atoms with E-state index in [9.17, 15) is 9.90 Å². The number of amides is 1. The van der Waals surface area contributed by atoms with Crippen LogP contribution < -0.4 is 15.8 Å². The maximum absolute atomic E-state index is 11.8. The Morgan fingerprint density at radius 1 is 1.37 bits per heavy atom. The van der Waals surface area contributed by atoms with Crippen molar-refractivity contribution < 1.29 is 14.6 Å². The first kappa shape index (κ1) is 13.7. The molecule has 0 aliphatic heterocycles. The predicted octanol–water partition coefficient (Wildman–Crippen LogP) is 1.07. The first-order valence-electron chi connectivity index (χ1n) is 6.61. The van der Waals surface area contributed by atoms with Crippen molar-refractivity contribution in [3.63, 3.8) is 0 Å². The molecule has 2 unspecified atom stereocenters. The van der Waals surface area contributed by atoms with E-state index in [1.54, 1.807) is 24.3 Å². The summed E-state index contributed by atoms with van der Waals surface area (Å²) in [5.74, 6) is 0.274. The fraction of sp³-hybridized carbons (Fsp3) is 0.500. The molecule has 1 aromatic rings. The van der Waals surface area contributed by atoms with E-state index in [1.165, 1.54) is 0 Å². The standard InChI is InChI=1S/C14H20N2O3/c15-10-5-1-4-8-13(10)19-9-14(18)16-11-6-2-3-7-12(11)17/h1,4-5,8,11-12,17H,2-3,6-7,9,15H2,(H,16,18). The molecule has 5 nitrogen and oxygen atoms in total. The number of rotatable bonds is 4. The van der Waals surface area contributed by atoms with Crippen LogP contribution in [-0.2, 0) is 4.79 Å². The van der Waals surface area contributed by atoms with Gasteiger partial charge in [-0.3, -0.25) is 4.79 Å². The Bertz CT molecular complexity index is 436. The fourth-order valence-corrected chi connectivity index (χ4v) is 2.28. The van der Waals surface area contributed by atoms with E-state index < -0.39 is 6.10 Å². The highest BCUT2D eigenvalue weighted by atomic mass is 16.5. The molecule has 0 aromatic heterocycles. The zero-order valence-corrected chi connectivity index (χ0v) is 10.8. The summed E-state index contributed by atoms with van der Waals surface area (Å²) in [6, 6.07) is 6.89. The van der Waals surface area contributed by atoms with Gasteiger partial charge in [-0.25, -0.2) is 0 Å². The number of aliphatic hydroxyl groups is 1. The Morgan fingerprint density at radius 3 is 2.84 bits per heavy atom. The van der Waals surface area contributed by atoms with Crippen molar-refractivity contribution in [1.82, 2.24) is 5.32 Å². The average molecular weight is 264 g/mol. The Hall–Kier alpha value is -1.75. The van der Waals surface area contributed by atoms with Gasteiger partial charge in [0, 0.05) is 0 Å². The van der Waals surface area contributed by atoms with Crippen LogP contribution in [0.15, 0.2) is 24.3 Å². The molecular weight excluding hydrogens is 244 g/mol. The lowest BCUT2D eigenvalue weighted by Crippen LogP contribution is -2.46. The van der Waals surface area contributed by atoms with Gasteiger partial charge in [0.15, 0.2) is 6.61 Å². The van der Waals surface area contributed by atoms with Gasteiger partial charge in [0.2, 0.25) is 0 Å². The van der Waals surface area contributed by atoms with E-state index in [4.69, 9.17) is 10.5 Å². The average Bonchev–Trinajstić information content (AvgIpc) is 2.40. The number of para-hydroxylation sites is 2. The van der Waals surface area contributed by atoms with E-state index >= 15 is 0 Å². The van der Waals surface area contributed by atoms with Crippen LogP contribution in [0.1, 0.15) is 25.7 Å². The molecule has 1 fully saturated rings. The number of benzene rings is 1. The zero-order valence-electron chi connectivity index (χ0n) is 10.8. The molecule has 0 spiro atoms. The number of ether oxygens (including phenoxy) is 1. The monoisotopic (exact) mass is 264 g/mol. The number of nitrogens with two attached hydrogens (primary N) is 1. The number of carbonyl (C=O) groups is 1. The maximum Gasteiger partial charge on any atom is 0.258 e. The number of nitrogens with one attached hydrogen (secondary N) is 1. The van der Waals surface area contributed by atoms with Crippen molar-refractivity contribution in [3.05, 3.63) is 24.3 Å². The second kappa shape index (κ2) is 6.43. The maximum atomic E-state index is 11.8. The molecule has 19 heavy (non-hydrogen) atoms. The van der Waals surface area contributed by atoms with Crippen LogP contribution in [0.3, 0.4) is 0 Å². The van der Waals surface area contributed by atoms with Gasteiger partial charge in [0.05, 0.1) is 17.8 Å². The topological polar surface area (TPSA) is 84.6 Å². The van der Waals surface area contributed by atoms with Crippen LogP contribution in [0.5, 0.6) is 5.75 Å². The zero-order chi connectivity index (χ0) is 13.7. The van der Waals surface area contributed by atoms with Crippen LogP contribution in [0.25, 0.3) is 0 Å². The molecule has 4 N–H and O–H groups in total. The smallest absolute Gasteiger partial charge is 0.258 e. The van der Waals surface area contributed by atoms with E-state index in [0.717, 1.165) is 25.7 Å². The molecule has 1 aliphatic carbocycles. The third-order valence-corrected chi connectivity index (χ3v) is 3.35. The quantitative estimate of drug-likeness (QED) is 0.710. The van der Waals surface area contributed by atoms with Gasteiger partial charge >= 0.3 is 0 Å². The lowest BCUT2D eigenvalue weighted by Gasteiger charge is -2.28. The summed E-state index contributed by atoms with van der Waals surface area (Å²) < 4.78 is 5.36. The molecule has 0 heterocycles. The highest BCUT2D eigenvalue weighted by molar-refractivity contribution is 5.78. The van der Waals surface area contributed by atoms with Gasteiger partial charge in [-0.2, -0.15) is 0 Å². The van der Waals surface area contributed by atoms with Crippen molar-refractivity contribution in [1.29, 1.82) is 0 Å². The van der Waals surface area contributed by atoms with Crippen molar-refractivity contribution in [2.75, 3.05) is 12.3 Å². The molecule has 0 bridgehead atoms. The molecule has 1 amide bonds. The molecule has 5 heteroatoms. The van der Waals surface area contributed by atoms with E-state index in [1.807, 2.05) is 0 Å². The second-order valence-corrected chi connectivity index (χ2v) is 4.85. The number of nitrogen functional groups attached to an aromatic ring is 1. The van der Waals surface area contributed by atoms with Crippen molar-refractivity contribution >= 4 is 11.6 Å². The normalized spacial score (nSPS) is 22.8. The largest absolute Gasteiger partial charge is 0.482 e. The Labute approximate surface area is 112 Å². The van der Waals surface area contributed by atoms with Crippen LogP contribution in [0.2, 0.25) is 0 Å². The Morgan fingerprint density at radius 2 is 2.11 bits per heavy atom. The van der Waals surface area contributed by atoms with E-state index in [-0.39, 0.29) is 18.6 Å². The number of carbonyl (C=O) groups excluding carboxylic acids is 1. The minimum atomic E-state index is -0.445. The summed E-state index contributed by atoms with van der Waals surface area (Å²) >= 11 is 0. The fourth-order valence-electron chi connectivity index (χ4n) is 2.28. The highest BCUT2D eigenvalue weighted by Gasteiger charge is 2.24. The SMILES string of the molecule is Nc1ccccc1OCC(=O)NC1CCCCC1O. The lowest BCUT2D eigenvalue weighted by molar-refractivity contribution is -0.125. The number of hydrogen-bond donors (Lipinski definition) is 3. The summed E-state index contributed by atoms with van der Waals surface area (Å²) in [5.41, 5.74) is 6.22. The summed E-state index contributed by atoms with van der Waals surface area (Å²) in [4.78, 5) is 11.8. The molecule has 0 radical (unpaired) electrons. The Kier molecular flexibility index (Phi) is 4.63. The minimum Gasteiger partial charge on any atom is -0.482 e. The molecule has 1 aliphatic rings. The lowest BCUT2D eigenvalue weighted by atomic mass is 9.92. The number of anilines is 1. The van der Waals surface area contributed by atoms with E-state index in [2.05, 4.69) is 5.32 Å². The van der Waals surface area contributed by atoms with E-state index in [0.29, 0.717) is 11.4 Å².